The lowest BCUT2D eigenvalue weighted by atomic mass is 9.85. The summed E-state index contributed by atoms with van der Waals surface area (Å²) in [4.78, 5) is 17.4. The summed E-state index contributed by atoms with van der Waals surface area (Å²) < 4.78 is 5.26. The highest BCUT2D eigenvalue weighted by atomic mass is 16.8. The van der Waals surface area contributed by atoms with E-state index in [1.54, 1.807) is 0 Å². The maximum Gasteiger partial charge on any atom is 0.434 e. The van der Waals surface area contributed by atoms with Crippen LogP contribution < -0.4 is 0 Å². The molecule has 1 aromatic rings. The Morgan fingerprint density at radius 1 is 1.30 bits per heavy atom. The number of aliphatic hydroxyl groups excluding tert-OH is 1. The van der Waals surface area contributed by atoms with Crippen LogP contribution in [0.3, 0.4) is 0 Å². The number of carbonyl (C=O) groups is 1. The highest BCUT2D eigenvalue weighted by Gasteiger charge is 2.46. The third kappa shape index (κ3) is 2.64. The van der Waals surface area contributed by atoms with Crippen LogP contribution in [0, 0.1) is 5.92 Å². The van der Waals surface area contributed by atoms with E-state index in [4.69, 9.17) is 9.57 Å². The van der Waals surface area contributed by atoms with Gasteiger partial charge < -0.3 is 9.84 Å². The SMILES string of the molecule is O=C(OCc1ccccc1)N1OC(O)C2CCCCC21. The lowest BCUT2D eigenvalue weighted by molar-refractivity contribution is -0.206. The van der Waals surface area contributed by atoms with Crippen LogP contribution in [0.15, 0.2) is 30.3 Å². The van der Waals surface area contributed by atoms with Crippen LogP contribution in [-0.2, 0) is 16.2 Å². The number of aliphatic hydroxyl groups is 1. The Hall–Kier alpha value is -1.59. The molecule has 3 rings (SSSR count). The molecule has 1 aliphatic heterocycles. The van der Waals surface area contributed by atoms with Gasteiger partial charge in [-0.3, -0.25) is 0 Å². The molecule has 1 saturated heterocycles. The molecule has 1 N–H and O–H groups in total. The predicted molar refractivity (Wildman–Crippen MR) is 71.3 cm³/mol. The van der Waals surface area contributed by atoms with Gasteiger partial charge in [0.2, 0.25) is 0 Å². The third-order valence-corrected chi connectivity index (χ3v) is 4.06. The van der Waals surface area contributed by atoms with Crippen molar-refractivity contribution in [3.63, 3.8) is 0 Å². The van der Waals surface area contributed by atoms with Crippen molar-refractivity contribution in [2.24, 2.45) is 5.92 Å². The van der Waals surface area contributed by atoms with Gasteiger partial charge in [0.05, 0.1) is 6.04 Å². The average molecular weight is 277 g/mol. The maximum atomic E-state index is 12.1. The van der Waals surface area contributed by atoms with E-state index >= 15 is 0 Å². The van der Waals surface area contributed by atoms with Gasteiger partial charge in [-0.25, -0.2) is 9.63 Å². The number of hydrogen-bond acceptors (Lipinski definition) is 4. The van der Waals surface area contributed by atoms with Crippen molar-refractivity contribution >= 4 is 6.09 Å². The van der Waals surface area contributed by atoms with Gasteiger partial charge in [0.25, 0.3) is 0 Å². The van der Waals surface area contributed by atoms with Crippen molar-refractivity contribution in [2.75, 3.05) is 0 Å². The molecule has 20 heavy (non-hydrogen) atoms. The summed E-state index contributed by atoms with van der Waals surface area (Å²) in [5, 5.41) is 11.1. The summed E-state index contributed by atoms with van der Waals surface area (Å²) in [5.74, 6) is 0.0213. The van der Waals surface area contributed by atoms with Gasteiger partial charge in [0.15, 0.2) is 6.29 Å². The summed E-state index contributed by atoms with van der Waals surface area (Å²) in [6.07, 6.45) is 2.50. The Morgan fingerprint density at radius 2 is 2.05 bits per heavy atom. The zero-order chi connectivity index (χ0) is 13.9. The van der Waals surface area contributed by atoms with Gasteiger partial charge in [-0.2, -0.15) is 5.06 Å². The Balaban J connectivity index is 1.59. The number of amides is 1. The van der Waals surface area contributed by atoms with Crippen molar-refractivity contribution in [1.29, 1.82) is 0 Å². The highest BCUT2D eigenvalue weighted by Crippen LogP contribution is 2.37. The van der Waals surface area contributed by atoms with E-state index in [1.165, 1.54) is 5.06 Å². The molecule has 2 aliphatic rings. The first-order valence-corrected chi connectivity index (χ1v) is 7.10. The first-order chi connectivity index (χ1) is 9.75. The fraction of sp³-hybridized carbons (Fsp3) is 0.533. The van der Waals surface area contributed by atoms with E-state index in [1.807, 2.05) is 30.3 Å². The Bertz CT molecular complexity index is 464. The Labute approximate surface area is 118 Å². The number of ether oxygens (including phenoxy) is 1. The Kier molecular flexibility index (Phi) is 3.89. The van der Waals surface area contributed by atoms with E-state index in [-0.39, 0.29) is 18.6 Å². The van der Waals surface area contributed by atoms with Gasteiger partial charge in [-0.1, -0.05) is 43.2 Å². The monoisotopic (exact) mass is 277 g/mol. The lowest BCUT2D eigenvalue weighted by Gasteiger charge is -2.27. The Morgan fingerprint density at radius 3 is 2.85 bits per heavy atom. The van der Waals surface area contributed by atoms with E-state index in [2.05, 4.69) is 0 Å². The number of nitrogens with zero attached hydrogens (tertiary/aromatic N) is 1. The predicted octanol–water partition coefficient (Wildman–Crippen LogP) is 2.45. The molecular formula is C15H19NO4. The lowest BCUT2D eigenvalue weighted by Crippen LogP contribution is -2.38. The molecule has 5 nitrogen and oxygen atoms in total. The summed E-state index contributed by atoms with van der Waals surface area (Å²) in [6, 6.07) is 9.46. The molecule has 3 unspecified atom stereocenters. The van der Waals surface area contributed by atoms with E-state index < -0.39 is 12.4 Å². The molecule has 1 aromatic carbocycles. The molecule has 3 atom stereocenters. The third-order valence-electron chi connectivity index (χ3n) is 4.06. The van der Waals surface area contributed by atoms with Crippen LogP contribution in [0.25, 0.3) is 0 Å². The minimum Gasteiger partial charge on any atom is -0.443 e. The average Bonchev–Trinajstić information content (AvgIpc) is 2.84. The molecule has 1 heterocycles. The number of benzene rings is 1. The molecule has 0 bridgehead atoms. The summed E-state index contributed by atoms with van der Waals surface area (Å²) in [6.45, 7) is 0.215. The molecule has 2 fully saturated rings. The molecule has 0 radical (unpaired) electrons. The highest BCUT2D eigenvalue weighted by molar-refractivity contribution is 5.67. The van der Waals surface area contributed by atoms with Crippen LogP contribution in [0.1, 0.15) is 31.2 Å². The molecule has 0 aromatic heterocycles. The summed E-state index contributed by atoms with van der Waals surface area (Å²) in [7, 11) is 0. The van der Waals surface area contributed by atoms with Crippen molar-refractivity contribution in [3.05, 3.63) is 35.9 Å². The quantitative estimate of drug-likeness (QED) is 0.902. The molecule has 0 spiro atoms. The normalized spacial score (nSPS) is 29.1. The molecule has 1 amide bonds. The fourth-order valence-electron chi connectivity index (χ4n) is 3.00. The molecular weight excluding hydrogens is 258 g/mol. The number of hydrogen-bond donors (Lipinski definition) is 1. The van der Waals surface area contributed by atoms with Gasteiger partial charge >= 0.3 is 6.09 Å². The first kappa shape index (κ1) is 13.4. The van der Waals surface area contributed by atoms with E-state index in [0.717, 1.165) is 31.2 Å². The van der Waals surface area contributed by atoms with Crippen LogP contribution >= 0.6 is 0 Å². The zero-order valence-corrected chi connectivity index (χ0v) is 11.3. The van der Waals surface area contributed by atoms with Crippen molar-refractivity contribution in [3.8, 4) is 0 Å². The summed E-state index contributed by atoms with van der Waals surface area (Å²) in [5.41, 5.74) is 0.931. The van der Waals surface area contributed by atoms with Crippen LogP contribution in [0.2, 0.25) is 0 Å². The standard InChI is InChI=1S/C15H19NO4/c17-14-12-8-4-5-9-13(12)16(20-14)15(18)19-10-11-6-2-1-3-7-11/h1-3,6-7,12-14,17H,4-5,8-10H2. The van der Waals surface area contributed by atoms with Crippen molar-refractivity contribution < 1.29 is 19.5 Å². The maximum absolute atomic E-state index is 12.1. The molecule has 1 aliphatic carbocycles. The number of rotatable bonds is 2. The van der Waals surface area contributed by atoms with Crippen molar-refractivity contribution in [1.82, 2.24) is 5.06 Å². The summed E-state index contributed by atoms with van der Waals surface area (Å²) >= 11 is 0. The van der Waals surface area contributed by atoms with E-state index in [0.29, 0.717) is 0 Å². The largest absolute Gasteiger partial charge is 0.443 e. The zero-order valence-electron chi connectivity index (χ0n) is 11.3. The second-order valence-corrected chi connectivity index (χ2v) is 5.38. The fourth-order valence-corrected chi connectivity index (χ4v) is 3.00. The van der Waals surface area contributed by atoms with Crippen LogP contribution in [0.4, 0.5) is 4.79 Å². The number of hydroxylamine groups is 2. The van der Waals surface area contributed by atoms with E-state index in [9.17, 15) is 9.90 Å². The minimum atomic E-state index is -0.885. The van der Waals surface area contributed by atoms with Gasteiger partial charge in [0, 0.05) is 5.92 Å². The number of carbonyl (C=O) groups excluding carboxylic acids is 1. The van der Waals surface area contributed by atoms with Crippen LogP contribution in [0.5, 0.6) is 0 Å². The topological polar surface area (TPSA) is 59.0 Å². The smallest absolute Gasteiger partial charge is 0.434 e. The second-order valence-electron chi connectivity index (χ2n) is 5.38. The molecule has 108 valence electrons. The second kappa shape index (κ2) is 5.81. The minimum absolute atomic E-state index is 0.0213. The van der Waals surface area contributed by atoms with Gasteiger partial charge in [0.1, 0.15) is 6.61 Å². The first-order valence-electron chi connectivity index (χ1n) is 7.10. The van der Waals surface area contributed by atoms with Crippen molar-refractivity contribution in [2.45, 2.75) is 44.6 Å². The molecule has 5 heteroatoms. The van der Waals surface area contributed by atoms with Gasteiger partial charge in [-0.15, -0.1) is 0 Å². The van der Waals surface area contributed by atoms with Crippen LogP contribution in [-0.4, -0.2) is 28.6 Å². The molecule has 1 saturated carbocycles. The number of fused-ring (bicyclic) bond motifs is 1. The van der Waals surface area contributed by atoms with Gasteiger partial charge in [-0.05, 0) is 18.4 Å².